The van der Waals surface area contributed by atoms with Gasteiger partial charge in [-0.05, 0) is 48.5 Å². The van der Waals surface area contributed by atoms with Gasteiger partial charge in [0.15, 0.2) is 11.5 Å². The van der Waals surface area contributed by atoms with Crippen LogP contribution in [0.5, 0.6) is 28.7 Å². The summed E-state index contributed by atoms with van der Waals surface area (Å²) < 4.78 is 22.1. The van der Waals surface area contributed by atoms with Crippen molar-refractivity contribution in [3.05, 3.63) is 72.3 Å². The van der Waals surface area contributed by atoms with E-state index < -0.39 is 0 Å². The van der Waals surface area contributed by atoms with Crippen LogP contribution in [0.15, 0.2) is 66.7 Å². The molecule has 32 heavy (non-hydrogen) atoms. The fourth-order valence-electron chi connectivity index (χ4n) is 3.97. The summed E-state index contributed by atoms with van der Waals surface area (Å²) in [7, 11) is 1.68. The fourth-order valence-corrected chi connectivity index (χ4v) is 3.97. The number of rotatable bonds is 5. The number of hydrogen-bond donors (Lipinski definition) is 0. The molecule has 0 N–H and O–H groups in total. The van der Waals surface area contributed by atoms with Gasteiger partial charge in [-0.1, -0.05) is 12.1 Å². The number of amides is 1. The van der Waals surface area contributed by atoms with Crippen LogP contribution in [0.2, 0.25) is 0 Å². The number of benzene rings is 3. The second-order valence-corrected chi connectivity index (χ2v) is 7.59. The molecule has 0 spiro atoms. The van der Waals surface area contributed by atoms with Crippen molar-refractivity contribution in [3.8, 4) is 28.7 Å². The van der Waals surface area contributed by atoms with Crippen molar-refractivity contribution in [1.82, 2.24) is 4.90 Å². The van der Waals surface area contributed by atoms with E-state index in [1.165, 1.54) is 0 Å². The summed E-state index contributed by atoms with van der Waals surface area (Å²) in [6.45, 7) is 3.07. The number of carbonyl (C=O) groups excluding carboxylic acids is 1. The SMILES string of the molecule is COc1ccccc1N1CCN(C(=O)c2ccc(Oc3ccc4c(c3)OCO4)cc2)CC1. The first kappa shape index (κ1) is 20.1. The molecule has 1 saturated heterocycles. The van der Waals surface area contributed by atoms with Crippen molar-refractivity contribution in [2.24, 2.45) is 0 Å². The molecule has 0 aliphatic carbocycles. The van der Waals surface area contributed by atoms with E-state index in [0.29, 0.717) is 41.7 Å². The molecule has 2 aliphatic heterocycles. The lowest BCUT2D eigenvalue weighted by Crippen LogP contribution is -2.48. The van der Waals surface area contributed by atoms with Gasteiger partial charge < -0.3 is 28.7 Å². The van der Waals surface area contributed by atoms with E-state index in [2.05, 4.69) is 11.0 Å². The topological polar surface area (TPSA) is 60.5 Å². The average molecular weight is 432 g/mol. The maximum Gasteiger partial charge on any atom is 0.253 e. The van der Waals surface area contributed by atoms with Crippen LogP contribution < -0.4 is 23.8 Å². The number of methoxy groups -OCH3 is 1. The molecule has 0 radical (unpaired) electrons. The molecule has 0 aromatic heterocycles. The molecule has 0 atom stereocenters. The molecule has 0 bridgehead atoms. The Morgan fingerprint density at radius 3 is 2.34 bits per heavy atom. The van der Waals surface area contributed by atoms with E-state index in [-0.39, 0.29) is 12.7 Å². The summed E-state index contributed by atoms with van der Waals surface area (Å²) in [5, 5.41) is 0. The molecule has 2 heterocycles. The van der Waals surface area contributed by atoms with Gasteiger partial charge in [0.1, 0.15) is 17.2 Å². The van der Waals surface area contributed by atoms with Crippen LogP contribution in [0, 0.1) is 0 Å². The summed E-state index contributed by atoms with van der Waals surface area (Å²) in [4.78, 5) is 17.1. The highest BCUT2D eigenvalue weighted by Gasteiger charge is 2.23. The highest BCUT2D eigenvalue weighted by Crippen LogP contribution is 2.36. The number of hydrogen-bond acceptors (Lipinski definition) is 6. The number of anilines is 1. The highest BCUT2D eigenvalue weighted by molar-refractivity contribution is 5.94. The second-order valence-electron chi connectivity index (χ2n) is 7.59. The van der Waals surface area contributed by atoms with Gasteiger partial charge in [0, 0.05) is 37.8 Å². The van der Waals surface area contributed by atoms with Crippen LogP contribution in [0.4, 0.5) is 5.69 Å². The third kappa shape index (κ3) is 4.01. The van der Waals surface area contributed by atoms with Gasteiger partial charge >= 0.3 is 0 Å². The third-order valence-corrected chi connectivity index (χ3v) is 5.67. The lowest BCUT2D eigenvalue weighted by molar-refractivity contribution is 0.0746. The first-order valence-corrected chi connectivity index (χ1v) is 10.6. The van der Waals surface area contributed by atoms with E-state index in [0.717, 1.165) is 24.5 Å². The van der Waals surface area contributed by atoms with Gasteiger partial charge in [-0.3, -0.25) is 4.79 Å². The van der Waals surface area contributed by atoms with E-state index in [4.69, 9.17) is 18.9 Å². The van der Waals surface area contributed by atoms with Crippen LogP contribution in [-0.4, -0.2) is 50.9 Å². The Bertz CT molecular complexity index is 1110. The summed E-state index contributed by atoms with van der Waals surface area (Å²) >= 11 is 0. The van der Waals surface area contributed by atoms with Crippen LogP contribution in [0.25, 0.3) is 0 Å². The average Bonchev–Trinajstić information content (AvgIpc) is 3.32. The molecular formula is C25H24N2O5. The Kier molecular flexibility index (Phi) is 5.46. The summed E-state index contributed by atoms with van der Waals surface area (Å²) in [5.41, 5.74) is 1.71. The van der Waals surface area contributed by atoms with Gasteiger partial charge in [-0.2, -0.15) is 0 Å². The fraction of sp³-hybridized carbons (Fsp3) is 0.240. The van der Waals surface area contributed by atoms with Crippen molar-refractivity contribution in [3.63, 3.8) is 0 Å². The van der Waals surface area contributed by atoms with E-state index in [1.807, 2.05) is 47.4 Å². The Balaban J connectivity index is 1.20. The summed E-state index contributed by atoms with van der Waals surface area (Å²) in [6, 6.07) is 20.6. The Labute approximate surface area is 186 Å². The molecule has 1 amide bonds. The van der Waals surface area contributed by atoms with E-state index in [9.17, 15) is 4.79 Å². The molecule has 2 aliphatic rings. The minimum absolute atomic E-state index is 0.0271. The summed E-state index contributed by atoms with van der Waals surface area (Å²) in [5.74, 6) is 3.57. The smallest absolute Gasteiger partial charge is 0.253 e. The monoisotopic (exact) mass is 432 g/mol. The Hall–Kier alpha value is -3.87. The maximum absolute atomic E-state index is 13.0. The van der Waals surface area contributed by atoms with Crippen LogP contribution in [-0.2, 0) is 0 Å². The molecule has 7 heteroatoms. The third-order valence-electron chi connectivity index (χ3n) is 5.67. The molecular weight excluding hydrogens is 408 g/mol. The van der Waals surface area contributed by atoms with E-state index >= 15 is 0 Å². The van der Waals surface area contributed by atoms with Crippen LogP contribution in [0.3, 0.4) is 0 Å². The van der Waals surface area contributed by atoms with E-state index in [1.54, 1.807) is 25.3 Å². The van der Waals surface area contributed by atoms with Crippen molar-refractivity contribution in [2.45, 2.75) is 0 Å². The molecule has 5 rings (SSSR count). The first-order valence-electron chi connectivity index (χ1n) is 10.6. The Morgan fingerprint density at radius 2 is 1.56 bits per heavy atom. The number of carbonyl (C=O) groups is 1. The predicted octanol–water partition coefficient (Wildman–Crippen LogP) is 4.18. The molecule has 3 aromatic carbocycles. The molecule has 1 fully saturated rings. The lowest BCUT2D eigenvalue weighted by atomic mass is 10.1. The zero-order chi connectivity index (χ0) is 21.9. The minimum Gasteiger partial charge on any atom is -0.495 e. The quantitative estimate of drug-likeness (QED) is 0.603. The molecule has 0 unspecified atom stereocenters. The lowest BCUT2D eigenvalue weighted by Gasteiger charge is -2.36. The molecule has 3 aromatic rings. The number of ether oxygens (including phenoxy) is 4. The standard InChI is InChI=1S/C25H24N2O5/c1-29-22-5-3-2-4-21(22)26-12-14-27(15-13-26)25(28)18-6-8-19(9-7-18)32-20-10-11-23-24(16-20)31-17-30-23/h2-11,16H,12-15,17H2,1H3. The highest BCUT2D eigenvalue weighted by atomic mass is 16.7. The van der Waals surface area contributed by atoms with Gasteiger partial charge in [-0.15, -0.1) is 0 Å². The van der Waals surface area contributed by atoms with Gasteiger partial charge in [0.2, 0.25) is 6.79 Å². The number of fused-ring (bicyclic) bond motifs is 1. The van der Waals surface area contributed by atoms with Crippen LogP contribution in [0.1, 0.15) is 10.4 Å². The van der Waals surface area contributed by atoms with Gasteiger partial charge in [0.25, 0.3) is 5.91 Å². The zero-order valence-electron chi connectivity index (χ0n) is 17.8. The predicted molar refractivity (Wildman–Crippen MR) is 120 cm³/mol. The number of nitrogens with zero attached hydrogens (tertiary/aromatic N) is 2. The maximum atomic E-state index is 13.0. The number of piperazine rings is 1. The zero-order valence-corrected chi connectivity index (χ0v) is 17.8. The van der Waals surface area contributed by atoms with Crippen molar-refractivity contribution < 1.29 is 23.7 Å². The minimum atomic E-state index is 0.0271. The molecule has 7 nitrogen and oxygen atoms in total. The molecule has 0 saturated carbocycles. The Morgan fingerprint density at radius 1 is 0.844 bits per heavy atom. The second kappa shape index (κ2) is 8.70. The van der Waals surface area contributed by atoms with Crippen molar-refractivity contribution >= 4 is 11.6 Å². The van der Waals surface area contributed by atoms with Crippen molar-refractivity contribution in [1.29, 1.82) is 0 Å². The van der Waals surface area contributed by atoms with Gasteiger partial charge in [0.05, 0.1) is 12.8 Å². The summed E-state index contributed by atoms with van der Waals surface area (Å²) in [6.07, 6.45) is 0. The first-order chi connectivity index (χ1) is 15.7. The number of para-hydroxylation sites is 2. The van der Waals surface area contributed by atoms with Gasteiger partial charge in [-0.25, -0.2) is 0 Å². The largest absolute Gasteiger partial charge is 0.495 e. The normalized spacial score (nSPS) is 14.9. The van der Waals surface area contributed by atoms with Crippen molar-refractivity contribution in [2.75, 3.05) is 45.0 Å². The molecule has 164 valence electrons. The van der Waals surface area contributed by atoms with Crippen LogP contribution >= 0.6 is 0 Å².